The molecule has 0 aromatic heterocycles. The first-order chi connectivity index (χ1) is 3.41. The molecule has 2 heteroatoms. The first kappa shape index (κ1) is 4.88. The van der Waals surface area contributed by atoms with Gasteiger partial charge in [0.2, 0.25) is 0 Å². The Morgan fingerprint density at radius 3 is 1.86 bits per heavy atom. The van der Waals surface area contributed by atoms with Crippen molar-refractivity contribution in [3.63, 3.8) is 0 Å². The third-order valence-electron chi connectivity index (χ3n) is 1.68. The van der Waals surface area contributed by atoms with Crippen LogP contribution in [-0.2, 0) is 0 Å². The van der Waals surface area contributed by atoms with Crippen molar-refractivity contribution in [2.75, 3.05) is 0 Å². The van der Waals surface area contributed by atoms with Crippen LogP contribution in [0.4, 0.5) is 0 Å². The number of rotatable bonds is 0. The molecule has 0 aromatic carbocycles. The van der Waals surface area contributed by atoms with Crippen molar-refractivity contribution in [1.82, 2.24) is 0 Å². The predicted molar refractivity (Wildman–Crippen MR) is 32.7 cm³/mol. The van der Waals surface area contributed by atoms with Crippen LogP contribution in [0.3, 0.4) is 0 Å². The van der Waals surface area contributed by atoms with Crippen LogP contribution in [0.2, 0.25) is 3.21 Å². The summed E-state index contributed by atoms with van der Waals surface area (Å²) in [6.45, 7) is 0. The van der Waals surface area contributed by atoms with E-state index in [4.69, 9.17) is 0 Å². The van der Waals surface area contributed by atoms with Crippen LogP contribution in [0.25, 0.3) is 0 Å². The fourth-order valence-electron chi connectivity index (χ4n) is 1.14. The molecular weight excluding hydrogens is 218 g/mol. The van der Waals surface area contributed by atoms with E-state index in [1.807, 2.05) is 0 Å². The Hall–Kier alpha value is 1.04. The summed E-state index contributed by atoms with van der Waals surface area (Å²) in [6, 6.07) is 0. The van der Waals surface area contributed by atoms with E-state index in [2.05, 4.69) is 0 Å². The van der Waals surface area contributed by atoms with Gasteiger partial charge in [-0.3, -0.25) is 0 Å². The van der Waals surface area contributed by atoms with Crippen LogP contribution in [-0.4, -0.2) is 26.3 Å². The number of hydrogen-bond donors (Lipinski definition) is 0. The summed E-state index contributed by atoms with van der Waals surface area (Å²) < 4.78 is 1.07. The molecule has 0 nitrogen and oxygen atoms in total. The zero-order valence-corrected chi connectivity index (χ0v) is 7.57. The van der Waals surface area contributed by atoms with E-state index in [0.717, 1.165) is 29.5 Å². The second-order valence-corrected chi connectivity index (χ2v) is 11.2. The van der Waals surface area contributed by atoms with Crippen LogP contribution in [0.15, 0.2) is 0 Å². The van der Waals surface area contributed by atoms with Gasteiger partial charge in [-0.25, -0.2) is 0 Å². The molecule has 1 aliphatic carbocycles. The van der Waals surface area contributed by atoms with Crippen LogP contribution >= 0.6 is 0 Å². The van der Waals surface area contributed by atoms with Crippen molar-refractivity contribution < 1.29 is 0 Å². The summed E-state index contributed by atoms with van der Waals surface area (Å²) in [4.78, 5) is 0. The van der Waals surface area contributed by atoms with E-state index in [-0.39, 0.29) is 0 Å². The molecule has 0 aromatic rings. The minimum absolute atomic E-state index is 1.07. The number of hydrogen-bond acceptors (Lipinski definition) is 0. The summed E-state index contributed by atoms with van der Waals surface area (Å²) in [5.41, 5.74) is 0. The molecule has 2 rings (SSSR count). The Labute approximate surface area is 55.3 Å². The van der Waals surface area contributed by atoms with E-state index in [9.17, 15) is 0 Å². The van der Waals surface area contributed by atoms with Crippen molar-refractivity contribution in [3.05, 3.63) is 0 Å². The van der Waals surface area contributed by atoms with E-state index < -0.39 is 0 Å². The Morgan fingerprint density at radius 1 is 1.00 bits per heavy atom. The zero-order chi connectivity index (χ0) is 4.74. The molecular formula is C5H8Se2. The summed E-state index contributed by atoms with van der Waals surface area (Å²) in [5.74, 6) is 0. The molecule has 2 aliphatic rings. The fourth-order valence-corrected chi connectivity index (χ4v) is 8.22. The third kappa shape index (κ3) is 0.790. The van der Waals surface area contributed by atoms with E-state index in [1.165, 1.54) is 0 Å². The average Bonchev–Trinajstić information content (AvgIpc) is 2.15. The van der Waals surface area contributed by atoms with Crippen molar-refractivity contribution >= 4 is 26.3 Å². The molecule has 0 bridgehead atoms. The van der Waals surface area contributed by atoms with E-state index in [0.29, 0.717) is 0 Å². The van der Waals surface area contributed by atoms with Gasteiger partial charge in [0.25, 0.3) is 0 Å². The molecule has 1 aliphatic heterocycles. The molecule has 1 spiro atoms. The molecule has 0 unspecified atom stereocenters. The van der Waals surface area contributed by atoms with Gasteiger partial charge in [0.05, 0.1) is 0 Å². The zero-order valence-electron chi connectivity index (χ0n) is 4.14. The van der Waals surface area contributed by atoms with E-state index >= 15 is 0 Å². The molecule has 1 saturated heterocycles. The average molecular weight is 226 g/mol. The SMILES string of the molecule is C1CCC2(C1)[Se][Se]2. The van der Waals surface area contributed by atoms with Crippen molar-refractivity contribution in [2.45, 2.75) is 28.9 Å². The van der Waals surface area contributed by atoms with Crippen LogP contribution in [0.5, 0.6) is 0 Å². The third-order valence-corrected chi connectivity index (χ3v) is 11.7. The van der Waals surface area contributed by atoms with Gasteiger partial charge in [-0.1, -0.05) is 0 Å². The topological polar surface area (TPSA) is 0 Å². The summed E-state index contributed by atoms with van der Waals surface area (Å²) >= 11 is 2.33. The Bertz CT molecular complexity index is 78.1. The van der Waals surface area contributed by atoms with Gasteiger partial charge in [-0.05, 0) is 0 Å². The molecule has 2 fully saturated rings. The molecule has 1 heterocycles. The molecule has 0 radical (unpaired) electrons. The van der Waals surface area contributed by atoms with Gasteiger partial charge in [0.1, 0.15) is 0 Å². The molecule has 0 N–H and O–H groups in total. The molecule has 7 heavy (non-hydrogen) atoms. The minimum atomic E-state index is 1.07. The second-order valence-electron chi connectivity index (χ2n) is 2.28. The Morgan fingerprint density at radius 2 is 1.57 bits per heavy atom. The monoisotopic (exact) mass is 228 g/mol. The van der Waals surface area contributed by atoms with Crippen molar-refractivity contribution in [1.29, 1.82) is 0 Å². The van der Waals surface area contributed by atoms with Gasteiger partial charge in [0, 0.05) is 0 Å². The summed E-state index contributed by atoms with van der Waals surface area (Å²) in [5, 5.41) is 0. The van der Waals surface area contributed by atoms with Crippen molar-refractivity contribution in [3.8, 4) is 0 Å². The second kappa shape index (κ2) is 1.51. The predicted octanol–water partition coefficient (Wildman–Crippen LogP) is 1.01. The summed E-state index contributed by atoms with van der Waals surface area (Å²) in [7, 11) is 0. The first-order valence-corrected chi connectivity index (χ1v) is 8.83. The van der Waals surface area contributed by atoms with Gasteiger partial charge >= 0.3 is 55.2 Å². The van der Waals surface area contributed by atoms with Crippen molar-refractivity contribution in [2.24, 2.45) is 0 Å². The van der Waals surface area contributed by atoms with Gasteiger partial charge in [0.15, 0.2) is 0 Å². The fraction of sp³-hybridized carbons (Fsp3) is 1.00. The standard InChI is InChI=1S/C5H8Se2/c1-2-4-5(3-1)6-7-5/h1-4H2. The summed E-state index contributed by atoms with van der Waals surface area (Å²) in [6.07, 6.45) is 6.35. The molecule has 0 atom stereocenters. The maximum absolute atomic E-state index is 1.62. The van der Waals surface area contributed by atoms with Gasteiger partial charge in [-0.2, -0.15) is 0 Å². The molecule has 0 amide bonds. The quantitative estimate of drug-likeness (QED) is 0.541. The van der Waals surface area contributed by atoms with Crippen LogP contribution in [0, 0.1) is 0 Å². The molecule has 1 saturated carbocycles. The van der Waals surface area contributed by atoms with Crippen LogP contribution in [0.1, 0.15) is 25.7 Å². The van der Waals surface area contributed by atoms with Gasteiger partial charge in [-0.15, -0.1) is 0 Å². The maximum atomic E-state index is 1.62. The normalized spacial score (nSPS) is 34.3. The van der Waals surface area contributed by atoms with Gasteiger partial charge < -0.3 is 0 Å². The van der Waals surface area contributed by atoms with E-state index in [1.54, 1.807) is 25.7 Å². The Kier molecular flexibility index (Phi) is 1.05. The molecule has 40 valence electrons. The Balaban J connectivity index is 2.07. The van der Waals surface area contributed by atoms with Crippen LogP contribution < -0.4 is 0 Å². The first-order valence-electron chi connectivity index (χ1n) is 2.78.